The van der Waals surface area contributed by atoms with Crippen molar-refractivity contribution in [2.45, 2.75) is 84.8 Å². The van der Waals surface area contributed by atoms with Crippen molar-refractivity contribution >= 4 is 46.2 Å². The van der Waals surface area contributed by atoms with Crippen LogP contribution >= 0.6 is 0 Å². The summed E-state index contributed by atoms with van der Waals surface area (Å²) < 4.78 is 24.5. The number of benzene rings is 3. The summed E-state index contributed by atoms with van der Waals surface area (Å²) in [7, 11) is 1.25. The molecule has 0 aliphatic carbocycles. The third-order valence-electron chi connectivity index (χ3n) is 10.6. The maximum Gasteiger partial charge on any atom is 0.494 e. The SMILES string of the molecule is COC[C@H]1C[C@@H](c2nc3ccc4cc5c(cc4c3[nH]2)OCc2cc(B3OC(C)(C)C(C)(C)O3)ccc2-5)N(C(=O)[C@@H](NC(C)=O)C(C)C)C1. The number of hydrogen-bond donors (Lipinski definition) is 2. The topological polar surface area (TPSA) is 115 Å². The minimum absolute atomic E-state index is 0.0605. The Balaban J connectivity index is 1.22. The smallest absolute Gasteiger partial charge is 0.488 e. The number of fused-ring (bicyclic) bond motifs is 6. The largest absolute Gasteiger partial charge is 0.494 e. The van der Waals surface area contributed by atoms with E-state index in [1.807, 2.05) is 24.8 Å². The summed E-state index contributed by atoms with van der Waals surface area (Å²) in [5, 5.41) is 4.93. The van der Waals surface area contributed by atoms with Crippen LogP contribution in [-0.4, -0.2) is 71.3 Å². The van der Waals surface area contributed by atoms with E-state index in [0.717, 1.165) is 55.5 Å². The van der Waals surface area contributed by atoms with Gasteiger partial charge in [-0.1, -0.05) is 38.1 Å². The van der Waals surface area contributed by atoms with Gasteiger partial charge in [-0.2, -0.15) is 0 Å². The molecule has 3 aliphatic heterocycles. The molecule has 7 rings (SSSR count). The van der Waals surface area contributed by atoms with Crippen molar-refractivity contribution in [2.75, 3.05) is 20.3 Å². The lowest BCUT2D eigenvalue weighted by Gasteiger charge is -2.32. The van der Waals surface area contributed by atoms with Crippen LogP contribution in [0, 0.1) is 11.8 Å². The maximum absolute atomic E-state index is 13.9. The number of nitrogens with one attached hydrogen (secondary N) is 2. The van der Waals surface area contributed by atoms with E-state index < -0.39 is 24.4 Å². The standard InChI is InChI=1S/C37H45BN4O6/c1-20(2)32(39-21(3)43)35(44)42-17-22(18-45-8)13-30(42)34-40-29-12-9-23-15-28-26-11-10-25(38-47-36(4,5)37(6,7)48-38)14-24(26)19-46-31(28)16-27(23)33(29)41-34/h9-12,14-16,20,22,30,32H,13,17-19H2,1-8H3,(H,39,43)(H,40,41)/t22-,30-,32-/m0/s1. The Kier molecular flexibility index (Phi) is 8.08. The average molecular weight is 653 g/mol. The number of methoxy groups -OCH3 is 1. The summed E-state index contributed by atoms with van der Waals surface area (Å²) in [5.74, 6) is 1.32. The maximum atomic E-state index is 13.9. The fraction of sp³-hybridized carbons (Fsp3) is 0.486. The molecule has 1 aromatic heterocycles. The highest BCUT2D eigenvalue weighted by molar-refractivity contribution is 6.62. The molecule has 0 unspecified atom stereocenters. The van der Waals surface area contributed by atoms with Crippen molar-refractivity contribution in [2.24, 2.45) is 11.8 Å². The van der Waals surface area contributed by atoms with Gasteiger partial charge in [0.25, 0.3) is 0 Å². The number of amides is 2. The number of hydrogen-bond acceptors (Lipinski definition) is 7. The van der Waals surface area contributed by atoms with E-state index in [1.54, 1.807) is 7.11 Å². The number of likely N-dealkylation sites (tertiary alicyclic amines) is 1. The third-order valence-corrected chi connectivity index (χ3v) is 10.6. The lowest BCUT2D eigenvalue weighted by molar-refractivity contribution is -0.138. The fourth-order valence-electron chi connectivity index (χ4n) is 7.31. The van der Waals surface area contributed by atoms with E-state index in [1.165, 1.54) is 6.92 Å². The van der Waals surface area contributed by atoms with Gasteiger partial charge in [-0.05, 0) is 80.2 Å². The second-order valence-electron chi connectivity index (χ2n) is 14.9. The summed E-state index contributed by atoms with van der Waals surface area (Å²) in [6, 6.07) is 13.9. The highest BCUT2D eigenvalue weighted by Crippen LogP contribution is 2.43. The number of carbonyl (C=O) groups excluding carboxylic acids is 2. The van der Waals surface area contributed by atoms with Gasteiger partial charge in [0.05, 0.1) is 34.9 Å². The Bertz CT molecular complexity index is 1900. The minimum Gasteiger partial charge on any atom is -0.488 e. The van der Waals surface area contributed by atoms with E-state index in [-0.39, 0.29) is 29.7 Å². The first-order valence-corrected chi connectivity index (χ1v) is 16.9. The Labute approximate surface area is 282 Å². The van der Waals surface area contributed by atoms with Crippen molar-refractivity contribution in [1.29, 1.82) is 0 Å². The molecule has 10 nitrogen and oxygen atoms in total. The molecule has 2 saturated heterocycles. The molecule has 252 valence electrons. The quantitative estimate of drug-likeness (QED) is 0.262. The third kappa shape index (κ3) is 5.55. The zero-order chi connectivity index (χ0) is 34.1. The van der Waals surface area contributed by atoms with Crippen LogP contribution in [-0.2, 0) is 30.2 Å². The number of carbonyl (C=O) groups is 2. The van der Waals surface area contributed by atoms with Crippen molar-refractivity contribution in [1.82, 2.24) is 20.2 Å². The van der Waals surface area contributed by atoms with Gasteiger partial charge in [-0.25, -0.2) is 4.98 Å². The van der Waals surface area contributed by atoms with Crippen LogP contribution in [0.4, 0.5) is 0 Å². The molecule has 3 aromatic carbocycles. The summed E-state index contributed by atoms with van der Waals surface area (Å²) in [6.07, 6.45) is 0.714. The van der Waals surface area contributed by atoms with Crippen molar-refractivity contribution in [3.8, 4) is 16.9 Å². The molecule has 11 heteroatoms. The van der Waals surface area contributed by atoms with Crippen LogP contribution in [0.1, 0.15) is 72.3 Å². The first kappa shape index (κ1) is 32.6. The summed E-state index contributed by atoms with van der Waals surface area (Å²) in [4.78, 5) is 36.3. The van der Waals surface area contributed by atoms with Crippen LogP contribution in [0.15, 0.2) is 42.5 Å². The highest BCUT2D eigenvalue weighted by atomic mass is 16.7. The van der Waals surface area contributed by atoms with E-state index in [2.05, 4.69) is 74.4 Å². The Morgan fingerprint density at radius 1 is 1.08 bits per heavy atom. The van der Waals surface area contributed by atoms with Crippen LogP contribution < -0.4 is 15.5 Å². The van der Waals surface area contributed by atoms with E-state index in [4.69, 9.17) is 23.8 Å². The second kappa shape index (κ2) is 11.9. The molecule has 48 heavy (non-hydrogen) atoms. The van der Waals surface area contributed by atoms with Gasteiger partial charge in [-0.15, -0.1) is 0 Å². The average Bonchev–Trinajstić information content (AvgIpc) is 3.71. The number of rotatable bonds is 7. The molecule has 0 radical (unpaired) electrons. The monoisotopic (exact) mass is 652 g/mol. The Morgan fingerprint density at radius 3 is 2.52 bits per heavy atom. The number of aromatic nitrogens is 2. The predicted octanol–water partition coefficient (Wildman–Crippen LogP) is 5.27. The summed E-state index contributed by atoms with van der Waals surface area (Å²) in [6.45, 7) is 15.1. The number of ether oxygens (including phenoxy) is 2. The first-order chi connectivity index (χ1) is 22.8. The van der Waals surface area contributed by atoms with Crippen LogP contribution in [0.5, 0.6) is 5.75 Å². The normalized spacial score (nSPS) is 21.8. The van der Waals surface area contributed by atoms with Gasteiger partial charge < -0.3 is 34.0 Å². The fourth-order valence-corrected chi connectivity index (χ4v) is 7.31. The predicted molar refractivity (Wildman–Crippen MR) is 186 cm³/mol. The summed E-state index contributed by atoms with van der Waals surface area (Å²) >= 11 is 0. The number of H-pyrrole nitrogens is 1. The first-order valence-electron chi connectivity index (χ1n) is 16.9. The molecular weight excluding hydrogens is 607 g/mol. The molecule has 2 amide bonds. The van der Waals surface area contributed by atoms with Gasteiger partial charge in [0.1, 0.15) is 24.2 Å². The lowest BCUT2D eigenvalue weighted by atomic mass is 9.77. The number of nitrogens with zero attached hydrogens (tertiary/aromatic N) is 2. The second-order valence-corrected chi connectivity index (χ2v) is 14.9. The van der Waals surface area contributed by atoms with Crippen LogP contribution in [0.2, 0.25) is 0 Å². The summed E-state index contributed by atoms with van der Waals surface area (Å²) in [5.41, 5.74) is 5.15. The molecule has 4 heterocycles. The van der Waals surface area contributed by atoms with Gasteiger partial charge in [0, 0.05) is 37.4 Å². The Morgan fingerprint density at radius 2 is 1.83 bits per heavy atom. The Hall–Kier alpha value is -3.93. The molecule has 2 N–H and O–H groups in total. The highest BCUT2D eigenvalue weighted by Gasteiger charge is 2.52. The van der Waals surface area contributed by atoms with E-state index >= 15 is 0 Å². The molecular formula is C37H45BN4O6. The van der Waals surface area contributed by atoms with Gasteiger partial charge in [0.15, 0.2) is 0 Å². The molecule has 0 saturated carbocycles. The zero-order valence-electron chi connectivity index (χ0n) is 29.1. The molecule has 2 fully saturated rings. The van der Waals surface area contributed by atoms with E-state index in [9.17, 15) is 9.59 Å². The molecule has 0 spiro atoms. The van der Waals surface area contributed by atoms with E-state index in [0.29, 0.717) is 26.2 Å². The molecule has 3 aliphatic rings. The number of imidazole rings is 1. The van der Waals surface area contributed by atoms with Crippen molar-refractivity contribution in [3.63, 3.8) is 0 Å². The van der Waals surface area contributed by atoms with Crippen molar-refractivity contribution < 1.29 is 28.4 Å². The van der Waals surface area contributed by atoms with Gasteiger partial charge in [0.2, 0.25) is 11.8 Å². The van der Waals surface area contributed by atoms with Gasteiger partial charge in [-0.3, -0.25) is 9.59 Å². The zero-order valence-corrected chi connectivity index (χ0v) is 29.1. The molecule has 4 aromatic rings. The lowest BCUT2D eigenvalue weighted by Crippen LogP contribution is -2.50. The van der Waals surface area contributed by atoms with Crippen LogP contribution in [0.3, 0.4) is 0 Å². The van der Waals surface area contributed by atoms with Crippen LogP contribution in [0.25, 0.3) is 32.9 Å². The molecule has 0 bridgehead atoms. The minimum atomic E-state index is -0.615. The van der Waals surface area contributed by atoms with Crippen molar-refractivity contribution in [3.05, 3.63) is 53.9 Å². The molecule has 3 atom stereocenters. The number of aromatic amines is 1. The van der Waals surface area contributed by atoms with Gasteiger partial charge >= 0.3 is 7.12 Å².